The van der Waals surface area contributed by atoms with E-state index in [-0.39, 0.29) is 0 Å². The summed E-state index contributed by atoms with van der Waals surface area (Å²) in [5.41, 5.74) is 0. The predicted molar refractivity (Wildman–Crippen MR) is 46.5 cm³/mol. The molecule has 1 aromatic rings. The van der Waals surface area contributed by atoms with Crippen molar-refractivity contribution in [3.8, 4) is 0 Å². The Hall–Kier alpha value is 0.350. The molecule has 2 rings (SSSR count). The second-order valence-electron chi connectivity index (χ2n) is 1.73. The van der Waals surface area contributed by atoms with Crippen LogP contribution < -0.4 is 0 Å². The highest BCUT2D eigenvalue weighted by molar-refractivity contribution is 8.83. The molecule has 1 heterocycles. The summed E-state index contributed by atoms with van der Waals surface area (Å²) in [6, 6.07) is 8.57. The van der Waals surface area contributed by atoms with E-state index >= 15 is 0 Å². The van der Waals surface area contributed by atoms with Gasteiger partial charge in [-0.2, -0.15) is 0 Å². The van der Waals surface area contributed by atoms with Crippen molar-refractivity contribution in [3.63, 3.8) is 0 Å². The van der Waals surface area contributed by atoms with Crippen LogP contribution >= 0.6 is 29.7 Å². The fraction of sp³-hybridized carbons (Fsp3) is 0. The molecule has 0 saturated heterocycles. The van der Waals surface area contributed by atoms with Crippen molar-refractivity contribution in [2.45, 2.75) is 9.79 Å². The SMILES string of the molecule is c1ccc2c(c1)SPS2. The summed E-state index contributed by atoms with van der Waals surface area (Å²) in [6.45, 7) is 0.980. The lowest BCUT2D eigenvalue weighted by molar-refractivity contribution is 1.27. The maximum absolute atomic E-state index is 2.19. The van der Waals surface area contributed by atoms with Crippen LogP contribution in [-0.4, -0.2) is 0 Å². The molecule has 0 N–H and O–H groups in total. The van der Waals surface area contributed by atoms with Gasteiger partial charge in [0, 0.05) is 16.8 Å². The van der Waals surface area contributed by atoms with Crippen LogP contribution in [0.4, 0.5) is 0 Å². The van der Waals surface area contributed by atoms with Gasteiger partial charge in [0.2, 0.25) is 0 Å². The van der Waals surface area contributed by atoms with E-state index in [1.165, 1.54) is 9.79 Å². The molecule has 0 saturated carbocycles. The van der Waals surface area contributed by atoms with E-state index in [1.54, 1.807) is 0 Å². The Morgan fingerprint density at radius 1 is 1.00 bits per heavy atom. The largest absolute Gasteiger partial charge is 0.0890 e. The van der Waals surface area contributed by atoms with Gasteiger partial charge in [-0.25, -0.2) is 0 Å². The standard InChI is InChI=1S/C6H5PS2/c1-2-4-6-5(3-1)8-7-9-6/h1-4,7H. The summed E-state index contributed by atoms with van der Waals surface area (Å²) in [7, 11) is 0. The van der Waals surface area contributed by atoms with Gasteiger partial charge in [0.25, 0.3) is 0 Å². The van der Waals surface area contributed by atoms with Crippen LogP contribution in [0.1, 0.15) is 0 Å². The first-order valence-corrected chi connectivity index (χ1v) is 6.73. The van der Waals surface area contributed by atoms with E-state index in [1.807, 2.05) is 22.8 Å². The second kappa shape index (κ2) is 2.53. The minimum atomic E-state index is 0.980. The van der Waals surface area contributed by atoms with E-state index in [4.69, 9.17) is 0 Å². The highest BCUT2D eigenvalue weighted by Crippen LogP contribution is 2.60. The van der Waals surface area contributed by atoms with E-state index < -0.39 is 0 Å². The number of rotatable bonds is 0. The summed E-state index contributed by atoms with van der Waals surface area (Å²) in [5, 5.41) is 0. The molecule has 0 radical (unpaired) electrons. The molecule has 0 bridgehead atoms. The lowest BCUT2D eigenvalue weighted by Crippen LogP contribution is -1.65. The van der Waals surface area contributed by atoms with Crippen molar-refractivity contribution in [2.75, 3.05) is 0 Å². The maximum atomic E-state index is 2.19. The first kappa shape index (κ1) is 6.09. The number of hydrogen-bond acceptors (Lipinski definition) is 2. The van der Waals surface area contributed by atoms with Crippen molar-refractivity contribution in [2.24, 2.45) is 0 Å². The summed E-state index contributed by atoms with van der Waals surface area (Å²) in [6.07, 6.45) is 0. The molecular weight excluding hydrogens is 167 g/mol. The van der Waals surface area contributed by atoms with Gasteiger partial charge in [0.1, 0.15) is 0 Å². The average Bonchev–Trinajstić information content (AvgIpc) is 2.33. The molecular formula is C6H5PS2. The quantitative estimate of drug-likeness (QED) is 0.550. The van der Waals surface area contributed by atoms with E-state index in [9.17, 15) is 0 Å². The van der Waals surface area contributed by atoms with Gasteiger partial charge >= 0.3 is 0 Å². The summed E-state index contributed by atoms with van der Waals surface area (Å²) in [5.74, 6) is 0. The molecule has 1 aliphatic heterocycles. The Kier molecular flexibility index (Phi) is 1.71. The average molecular weight is 172 g/mol. The van der Waals surface area contributed by atoms with Gasteiger partial charge in [0.15, 0.2) is 0 Å². The third-order valence-corrected chi connectivity index (χ3v) is 5.92. The van der Waals surface area contributed by atoms with Crippen LogP contribution in [0.5, 0.6) is 0 Å². The molecule has 0 atom stereocenters. The minimum absolute atomic E-state index is 0.980. The Balaban J connectivity index is 2.54. The van der Waals surface area contributed by atoms with Crippen LogP contribution in [0.3, 0.4) is 0 Å². The molecule has 0 aromatic heterocycles. The Bertz CT molecular complexity index is 201. The number of hydrogen-bond donors (Lipinski definition) is 0. The van der Waals surface area contributed by atoms with Crippen molar-refractivity contribution in [1.29, 1.82) is 0 Å². The zero-order valence-electron chi connectivity index (χ0n) is 4.63. The van der Waals surface area contributed by atoms with Crippen LogP contribution in [0.25, 0.3) is 0 Å². The van der Waals surface area contributed by atoms with Crippen LogP contribution in [0.2, 0.25) is 0 Å². The van der Waals surface area contributed by atoms with Gasteiger partial charge in [-0.1, -0.05) is 34.9 Å². The van der Waals surface area contributed by atoms with Gasteiger partial charge in [-0.05, 0) is 12.1 Å². The molecule has 0 fully saturated rings. The fourth-order valence-electron chi connectivity index (χ4n) is 0.729. The molecule has 0 nitrogen and oxygen atoms in total. The summed E-state index contributed by atoms with van der Waals surface area (Å²) in [4.78, 5) is 2.92. The van der Waals surface area contributed by atoms with Crippen molar-refractivity contribution in [1.82, 2.24) is 0 Å². The van der Waals surface area contributed by atoms with E-state index in [0.29, 0.717) is 0 Å². The Morgan fingerprint density at radius 2 is 1.56 bits per heavy atom. The van der Waals surface area contributed by atoms with Gasteiger partial charge in [-0.15, -0.1) is 0 Å². The third kappa shape index (κ3) is 1.12. The third-order valence-electron chi connectivity index (χ3n) is 1.15. The second-order valence-corrected chi connectivity index (χ2v) is 6.41. The maximum Gasteiger partial charge on any atom is 0.0261 e. The lowest BCUT2D eigenvalue weighted by Gasteiger charge is -1.90. The smallest absolute Gasteiger partial charge is 0.0261 e. The van der Waals surface area contributed by atoms with Crippen LogP contribution in [0.15, 0.2) is 34.1 Å². The molecule has 9 heavy (non-hydrogen) atoms. The normalized spacial score (nSPS) is 15.6. The van der Waals surface area contributed by atoms with Crippen molar-refractivity contribution in [3.05, 3.63) is 24.3 Å². The number of benzene rings is 1. The molecule has 0 aliphatic carbocycles. The highest BCUT2D eigenvalue weighted by Gasteiger charge is 2.09. The zero-order valence-corrected chi connectivity index (χ0v) is 7.26. The van der Waals surface area contributed by atoms with Crippen LogP contribution in [-0.2, 0) is 0 Å². The van der Waals surface area contributed by atoms with Crippen LogP contribution in [0, 0.1) is 0 Å². The Labute approximate surface area is 64.1 Å². The molecule has 0 spiro atoms. The molecule has 46 valence electrons. The molecule has 1 aliphatic rings. The van der Waals surface area contributed by atoms with Gasteiger partial charge in [0.05, 0.1) is 0 Å². The summed E-state index contributed by atoms with van der Waals surface area (Å²) < 4.78 is 0. The van der Waals surface area contributed by atoms with E-state index in [0.717, 1.165) is 6.98 Å². The first-order valence-electron chi connectivity index (χ1n) is 2.64. The Morgan fingerprint density at radius 3 is 2.11 bits per heavy atom. The number of fused-ring (bicyclic) bond motifs is 1. The monoisotopic (exact) mass is 172 g/mol. The highest BCUT2D eigenvalue weighted by atomic mass is 33.1. The minimum Gasteiger partial charge on any atom is -0.0890 e. The zero-order chi connectivity index (χ0) is 6.10. The molecule has 0 unspecified atom stereocenters. The van der Waals surface area contributed by atoms with Gasteiger partial charge < -0.3 is 0 Å². The molecule has 0 amide bonds. The first-order chi connectivity index (χ1) is 4.47. The lowest BCUT2D eigenvalue weighted by atomic mass is 10.4. The molecule has 1 aromatic carbocycles. The fourth-order valence-corrected chi connectivity index (χ4v) is 6.00. The van der Waals surface area contributed by atoms with Crippen molar-refractivity contribution >= 4 is 29.7 Å². The van der Waals surface area contributed by atoms with Crippen molar-refractivity contribution < 1.29 is 0 Å². The summed E-state index contributed by atoms with van der Waals surface area (Å²) >= 11 is 3.92. The molecule has 3 heteroatoms. The van der Waals surface area contributed by atoms with Gasteiger partial charge in [-0.3, -0.25) is 0 Å². The topological polar surface area (TPSA) is 0 Å². The predicted octanol–water partition coefficient (Wildman–Crippen LogP) is 3.39. The van der Waals surface area contributed by atoms with E-state index in [2.05, 4.69) is 24.3 Å².